The first-order valence-electron chi connectivity index (χ1n) is 8.70. The summed E-state index contributed by atoms with van der Waals surface area (Å²) in [4.78, 5) is 34.1. The number of amides is 1. The van der Waals surface area contributed by atoms with Crippen LogP contribution in [0.2, 0.25) is 0 Å². The van der Waals surface area contributed by atoms with Gasteiger partial charge >= 0.3 is 5.97 Å². The number of nitrogens with one attached hydrogen (secondary N) is 1. The molecule has 0 unspecified atom stereocenters. The van der Waals surface area contributed by atoms with Crippen molar-refractivity contribution in [1.29, 1.82) is 0 Å². The molecular weight excluding hydrogens is 364 g/mol. The molecule has 2 aromatic rings. The topological polar surface area (TPSA) is 108 Å². The van der Waals surface area contributed by atoms with Crippen LogP contribution >= 0.6 is 0 Å². The van der Waals surface area contributed by atoms with Crippen LogP contribution in [0.1, 0.15) is 30.9 Å². The minimum atomic E-state index is -0.714. The first kappa shape index (κ1) is 20.9. The van der Waals surface area contributed by atoms with Gasteiger partial charge in [-0.3, -0.25) is 14.9 Å². The number of para-hydroxylation sites is 2. The summed E-state index contributed by atoms with van der Waals surface area (Å²) in [7, 11) is 0. The molecule has 8 heteroatoms. The van der Waals surface area contributed by atoms with Crippen molar-refractivity contribution in [3.05, 3.63) is 63.7 Å². The summed E-state index contributed by atoms with van der Waals surface area (Å²) >= 11 is 0. The summed E-state index contributed by atoms with van der Waals surface area (Å²) in [5, 5.41) is 13.3. The van der Waals surface area contributed by atoms with Crippen molar-refractivity contribution in [1.82, 2.24) is 0 Å². The van der Waals surface area contributed by atoms with Gasteiger partial charge in [0.1, 0.15) is 11.4 Å². The Kier molecular flexibility index (Phi) is 7.08. The molecule has 0 saturated heterocycles. The lowest BCUT2D eigenvalue weighted by atomic mass is 10.0. The summed E-state index contributed by atoms with van der Waals surface area (Å²) in [6, 6.07) is 11.5. The Balaban J connectivity index is 1.87. The van der Waals surface area contributed by atoms with E-state index in [9.17, 15) is 19.7 Å². The van der Waals surface area contributed by atoms with Crippen LogP contribution in [0, 0.1) is 17.0 Å². The highest BCUT2D eigenvalue weighted by atomic mass is 16.6. The number of ether oxygens (including phenoxy) is 2. The Bertz CT molecular complexity index is 879. The summed E-state index contributed by atoms with van der Waals surface area (Å²) < 4.78 is 10.4. The Morgan fingerprint density at radius 2 is 1.86 bits per heavy atom. The zero-order valence-electron chi connectivity index (χ0n) is 15.9. The van der Waals surface area contributed by atoms with Crippen LogP contribution in [0.15, 0.2) is 42.5 Å². The largest absolute Gasteiger partial charge is 0.482 e. The molecule has 1 amide bonds. The number of carbonyl (C=O) groups excluding carboxylic acids is 2. The maximum atomic E-state index is 11.9. The van der Waals surface area contributed by atoms with Gasteiger partial charge in [0.05, 0.1) is 4.92 Å². The highest BCUT2D eigenvalue weighted by molar-refractivity contribution is 5.94. The Morgan fingerprint density at radius 3 is 2.54 bits per heavy atom. The fourth-order valence-corrected chi connectivity index (χ4v) is 2.49. The zero-order chi connectivity index (χ0) is 20.7. The number of hydrogen-bond donors (Lipinski definition) is 1. The summed E-state index contributed by atoms with van der Waals surface area (Å²) in [6.07, 6.45) is 0. The van der Waals surface area contributed by atoms with E-state index in [0.717, 1.165) is 11.1 Å². The second kappa shape index (κ2) is 9.50. The number of hydrogen-bond acceptors (Lipinski definition) is 6. The fraction of sp³-hybridized carbons (Fsp3) is 0.300. The lowest BCUT2D eigenvalue weighted by molar-refractivity contribution is -0.383. The van der Waals surface area contributed by atoms with Gasteiger partial charge in [0, 0.05) is 6.07 Å². The standard InChI is InChI=1S/C20H22N2O6/c1-13(2)15-9-8-14(3)10-18(15)27-12-20(24)28-11-19(23)21-16-6-4-5-7-17(16)22(25)26/h4-10,13H,11-12H2,1-3H3,(H,21,23). The summed E-state index contributed by atoms with van der Waals surface area (Å²) in [5.74, 6) is -0.578. The smallest absolute Gasteiger partial charge is 0.344 e. The number of nitrogens with zero attached hydrogens (tertiary/aromatic N) is 1. The number of nitro benzene ring substituents is 1. The number of nitro groups is 1. The minimum absolute atomic E-state index is 0.0335. The molecule has 0 atom stereocenters. The number of rotatable bonds is 8. The molecule has 0 aliphatic heterocycles. The quantitative estimate of drug-likeness (QED) is 0.422. The van der Waals surface area contributed by atoms with Gasteiger partial charge in [-0.1, -0.05) is 38.1 Å². The Labute approximate surface area is 162 Å². The van der Waals surface area contributed by atoms with E-state index >= 15 is 0 Å². The second-order valence-corrected chi connectivity index (χ2v) is 6.47. The summed E-state index contributed by atoms with van der Waals surface area (Å²) in [5.41, 5.74) is 1.75. The SMILES string of the molecule is Cc1ccc(C(C)C)c(OCC(=O)OCC(=O)Nc2ccccc2[N+](=O)[O-])c1. The van der Waals surface area contributed by atoms with Crippen LogP contribution in [0.3, 0.4) is 0 Å². The van der Waals surface area contributed by atoms with Crippen LogP contribution < -0.4 is 10.1 Å². The lowest BCUT2D eigenvalue weighted by Gasteiger charge is -2.14. The van der Waals surface area contributed by atoms with Crippen LogP contribution in [-0.2, 0) is 14.3 Å². The van der Waals surface area contributed by atoms with Crippen LogP contribution in [0.25, 0.3) is 0 Å². The molecule has 8 nitrogen and oxygen atoms in total. The zero-order valence-corrected chi connectivity index (χ0v) is 15.9. The van der Waals surface area contributed by atoms with E-state index in [0.29, 0.717) is 5.75 Å². The van der Waals surface area contributed by atoms with E-state index in [1.807, 2.05) is 39.0 Å². The first-order valence-corrected chi connectivity index (χ1v) is 8.70. The van der Waals surface area contributed by atoms with Crippen molar-refractivity contribution in [3.8, 4) is 5.75 Å². The molecule has 0 aliphatic rings. The molecule has 0 aliphatic carbocycles. The van der Waals surface area contributed by atoms with E-state index in [-0.39, 0.29) is 23.9 Å². The van der Waals surface area contributed by atoms with Gasteiger partial charge in [0.15, 0.2) is 13.2 Å². The molecule has 0 bridgehead atoms. The average Bonchev–Trinajstić information content (AvgIpc) is 2.64. The predicted octanol–water partition coefficient (Wildman–Crippen LogP) is 3.59. The van der Waals surface area contributed by atoms with Gasteiger partial charge in [0.25, 0.3) is 11.6 Å². The van der Waals surface area contributed by atoms with E-state index in [4.69, 9.17) is 9.47 Å². The lowest BCUT2D eigenvalue weighted by Crippen LogP contribution is -2.24. The minimum Gasteiger partial charge on any atom is -0.482 e. The van der Waals surface area contributed by atoms with Crippen molar-refractivity contribution in [2.24, 2.45) is 0 Å². The van der Waals surface area contributed by atoms with E-state index in [2.05, 4.69) is 5.32 Å². The van der Waals surface area contributed by atoms with Crippen LogP contribution in [0.4, 0.5) is 11.4 Å². The highest BCUT2D eigenvalue weighted by Crippen LogP contribution is 2.27. The Hall–Kier alpha value is -3.42. The number of benzene rings is 2. The third-order valence-corrected chi connectivity index (χ3v) is 3.88. The number of anilines is 1. The molecule has 1 N–H and O–H groups in total. The van der Waals surface area contributed by atoms with Crippen molar-refractivity contribution in [3.63, 3.8) is 0 Å². The van der Waals surface area contributed by atoms with Crippen molar-refractivity contribution < 1.29 is 24.0 Å². The van der Waals surface area contributed by atoms with Gasteiger partial charge in [-0.15, -0.1) is 0 Å². The monoisotopic (exact) mass is 386 g/mol. The number of aryl methyl sites for hydroxylation is 1. The van der Waals surface area contributed by atoms with Gasteiger partial charge in [-0.2, -0.15) is 0 Å². The van der Waals surface area contributed by atoms with Gasteiger partial charge in [-0.05, 0) is 36.1 Å². The third-order valence-electron chi connectivity index (χ3n) is 3.88. The van der Waals surface area contributed by atoms with Crippen LogP contribution in [-0.4, -0.2) is 30.0 Å². The molecule has 28 heavy (non-hydrogen) atoms. The highest BCUT2D eigenvalue weighted by Gasteiger charge is 2.16. The molecule has 0 saturated carbocycles. The predicted molar refractivity (Wildman–Crippen MR) is 103 cm³/mol. The molecular formula is C20H22N2O6. The molecule has 148 valence electrons. The summed E-state index contributed by atoms with van der Waals surface area (Å²) in [6.45, 7) is 5.04. The van der Waals surface area contributed by atoms with Crippen molar-refractivity contribution in [2.45, 2.75) is 26.7 Å². The molecule has 2 rings (SSSR count). The van der Waals surface area contributed by atoms with E-state index < -0.39 is 23.4 Å². The molecule has 0 radical (unpaired) electrons. The molecule has 0 spiro atoms. The average molecular weight is 386 g/mol. The third kappa shape index (κ3) is 5.80. The first-order chi connectivity index (χ1) is 13.3. The second-order valence-electron chi connectivity index (χ2n) is 6.47. The van der Waals surface area contributed by atoms with E-state index in [1.165, 1.54) is 18.2 Å². The molecule has 2 aromatic carbocycles. The Morgan fingerprint density at radius 1 is 1.14 bits per heavy atom. The van der Waals surface area contributed by atoms with E-state index in [1.54, 1.807) is 6.07 Å². The van der Waals surface area contributed by atoms with Gasteiger partial charge < -0.3 is 14.8 Å². The number of carbonyl (C=O) groups is 2. The van der Waals surface area contributed by atoms with Gasteiger partial charge in [-0.25, -0.2) is 4.79 Å². The normalized spacial score (nSPS) is 10.4. The molecule has 0 fully saturated rings. The number of esters is 1. The molecule has 0 aromatic heterocycles. The van der Waals surface area contributed by atoms with Crippen molar-refractivity contribution in [2.75, 3.05) is 18.5 Å². The maximum Gasteiger partial charge on any atom is 0.344 e. The maximum absolute atomic E-state index is 11.9. The molecule has 0 heterocycles. The fourth-order valence-electron chi connectivity index (χ4n) is 2.49. The van der Waals surface area contributed by atoms with Crippen molar-refractivity contribution >= 4 is 23.3 Å². The van der Waals surface area contributed by atoms with Crippen LogP contribution in [0.5, 0.6) is 5.75 Å². The van der Waals surface area contributed by atoms with Gasteiger partial charge in [0.2, 0.25) is 0 Å².